The van der Waals surface area contributed by atoms with E-state index in [1.165, 1.54) is 18.2 Å². The first-order valence-corrected chi connectivity index (χ1v) is 8.98. The van der Waals surface area contributed by atoms with Crippen LogP contribution in [0.2, 0.25) is 0 Å². The standard InChI is InChI=1S/C22H17F3N2O2/c23-22(24,25)29-15-6-3-5-14(13-15)11-12-27-18-9-2-1-7-16(18)20-17(21(26)28)8-4-10-19(20)27/h1-10,13H,11-12H2,(H2,26,28). The molecule has 29 heavy (non-hydrogen) atoms. The minimum absolute atomic E-state index is 0.242. The molecule has 148 valence electrons. The van der Waals surface area contributed by atoms with E-state index in [1.54, 1.807) is 18.2 Å². The van der Waals surface area contributed by atoms with Gasteiger partial charge in [-0.25, -0.2) is 0 Å². The normalized spacial score (nSPS) is 11.8. The first kappa shape index (κ1) is 18.9. The molecule has 1 heterocycles. The molecule has 0 unspecified atom stereocenters. The lowest BCUT2D eigenvalue weighted by Gasteiger charge is -2.11. The number of fused-ring (bicyclic) bond motifs is 3. The number of aromatic nitrogens is 1. The van der Waals surface area contributed by atoms with Crippen molar-refractivity contribution < 1.29 is 22.7 Å². The van der Waals surface area contributed by atoms with Gasteiger partial charge in [-0.1, -0.05) is 36.4 Å². The molecule has 0 spiro atoms. The molecule has 0 aliphatic carbocycles. The van der Waals surface area contributed by atoms with E-state index >= 15 is 0 Å². The number of hydrogen-bond acceptors (Lipinski definition) is 2. The van der Waals surface area contributed by atoms with Crippen molar-refractivity contribution in [2.75, 3.05) is 0 Å². The monoisotopic (exact) mass is 398 g/mol. The summed E-state index contributed by atoms with van der Waals surface area (Å²) in [6.07, 6.45) is -4.24. The van der Waals surface area contributed by atoms with Crippen LogP contribution in [-0.4, -0.2) is 16.8 Å². The molecule has 0 saturated carbocycles. The van der Waals surface area contributed by atoms with Gasteiger partial charge in [0.15, 0.2) is 0 Å². The average Bonchev–Trinajstić information content (AvgIpc) is 2.99. The van der Waals surface area contributed by atoms with Crippen LogP contribution in [0.3, 0.4) is 0 Å². The van der Waals surface area contributed by atoms with Gasteiger partial charge in [0.1, 0.15) is 5.75 Å². The van der Waals surface area contributed by atoms with Crippen LogP contribution in [0.4, 0.5) is 13.2 Å². The maximum Gasteiger partial charge on any atom is 0.573 e. The fourth-order valence-corrected chi connectivity index (χ4v) is 3.68. The van der Waals surface area contributed by atoms with E-state index in [2.05, 4.69) is 4.74 Å². The molecule has 0 fully saturated rings. The van der Waals surface area contributed by atoms with Crippen LogP contribution in [-0.2, 0) is 13.0 Å². The zero-order chi connectivity index (χ0) is 20.6. The van der Waals surface area contributed by atoms with Gasteiger partial charge in [0.25, 0.3) is 0 Å². The number of para-hydroxylation sites is 1. The van der Waals surface area contributed by atoms with E-state index in [0.717, 1.165) is 21.8 Å². The molecular formula is C22H17F3N2O2. The zero-order valence-electron chi connectivity index (χ0n) is 15.2. The summed E-state index contributed by atoms with van der Waals surface area (Å²) < 4.78 is 43.5. The number of primary amides is 1. The van der Waals surface area contributed by atoms with Crippen LogP contribution in [0.1, 0.15) is 15.9 Å². The smallest absolute Gasteiger partial charge is 0.406 e. The number of ether oxygens (including phenoxy) is 1. The van der Waals surface area contributed by atoms with E-state index in [9.17, 15) is 18.0 Å². The number of alkyl halides is 3. The topological polar surface area (TPSA) is 57.2 Å². The van der Waals surface area contributed by atoms with Gasteiger partial charge in [-0.3, -0.25) is 4.79 Å². The molecule has 0 aliphatic rings. The average molecular weight is 398 g/mol. The van der Waals surface area contributed by atoms with Gasteiger partial charge in [-0.2, -0.15) is 0 Å². The highest BCUT2D eigenvalue weighted by molar-refractivity contribution is 6.17. The van der Waals surface area contributed by atoms with Gasteiger partial charge < -0.3 is 15.0 Å². The van der Waals surface area contributed by atoms with Crippen LogP contribution in [0.25, 0.3) is 21.8 Å². The second-order valence-corrected chi connectivity index (χ2v) is 6.68. The number of rotatable bonds is 5. The molecule has 4 aromatic rings. The first-order chi connectivity index (χ1) is 13.8. The summed E-state index contributed by atoms with van der Waals surface area (Å²) in [6.45, 7) is 0.516. The Morgan fingerprint density at radius 2 is 1.69 bits per heavy atom. The highest BCUT2D eigenvalue weighted by Crippen LogP contribution is 2.32. The molecule has 4 nitrogen and oxygen atoms in total. The molecule has 2 N–H and O–H groups in total. The number of benzene rings is 3. The van der Waals surface area contributed by atoms with Crippen LogP contribution in [0.15, 0.2) is 66.7 Å². The van der Waals surface area contributed by atoms with Crippen molar-refractivity contribution in [1.82, 2.24) is 4.57 Å². The highest BCUT2D eigenvalue weighted by Gasteiger charge is 2.31. The van der Waals surface area contributed by atoms with Crippen LogP contribution in [0.5, 0.6) is 5.75 Å². The van der Waals surface area contributed by atoms with Crippen molar-refractivity contribution in [2.24, 2.45) is 5.73 Å². The van der Waals surface area contributed by atoms with E-state index in [-0.39, 0.29) is 5.75 Å². The third kappa shape index (κ3) is 3.76. The number of carbonyl (C=O) groups excluding carboxylic acids is 1. The van der Waals surface area contributed by atoms with Crippen molar-refractivity contribution in [2.45, 2.75) is 19.3 Å². The molecule has 0 bridgehead atoms. The van der Waals surface area contributed by atoms with Gasteiger partial charge >= 0.3 is 6.36 Å². The van der Waals surface area contributed by atoms with Crippen molar-refractivity contribution in [3.8, 4) is 5.75 Å². The van der Waals surface area contributed by atoms with Crippen molar-refractivity contribution in [3.63, 3.8) is 0 Å². The second kappa shape index (κ2) is 7.16. The van der Waals surface area contributed by atoms with Crippen LogP contribution in [0, 0.1) is 0 Å². The Bertz CT molecular complexity index is 1210. The van der Waals surface area contributed by atoms with Crippen LogP contribution < -0.4 is 10.5 Å². The molecule has 0 radical (unpaired) electrons. The van der Waals surface area contributed by atoms with Gasteiger partial charge in [-0.15, -0.1) is 13.2 Å². The predicted octanol–water partition coefficient (Wildman–Crippen LogP) is 5.03. The Hall–Kier alpha value is -3.48. The third-order valence-corrected chi connectivity index (χ3v) is 4.82. The minimum Gasteiger partial charge on any atom is -0.406 e. The van der Waals surface area contributed by atoms with Crippen molar-refractivity contribution in [1.29, 1.82) is 0 Å². The van der Waals surface area contributed by atoms with Crippen molar-refractivity contribution in [3.05, 3.63) is 77.9 Å². The summed E-state index contributed by atoms with van der Waals surface area (Å²) in [7, 11) is 0. The number of aryl methyl sites for hydroxylation is 2. The zero-order valence-corrected chi connectivity index (χ0v) is 15.2. The lowest BCUT2D eigenvalue weighted by atomic mass is 10.1. The number of nitrogens with zero attached hydrogens (tertiary/aromatic N) is 1. The fourth-order valence-electron chi connectivity index (χ4n) is 3.68. The van der Waals surface area contributed by atoms with Gasteiger partial charge in [0, 0.05) is 33.9 Å². The van der Waals surface area contributed by atoms with Gasteiger partial charge in [-0.05, 0) is 42.3 Å². The van der Waals surface area contributed by atoms with Crippen molar-refractivity contribution >= 4 is 27.7 Å². The SMILES string of the molecule is NC(=O)c1cccc2c1c1ccccc1n2CCc1cccc(OC(F)(F)F)c1. The molecule has 1 amide bonds. The lowest BCUT2D eigenvalue weighted by Crippen LogP contribution is -2.17. The fraction of sp³-hybridized carbons (Fsp3) is 0.136. The molecular weight excluding hydrogens is 381 g/mol. The van der Waals surface area contributed by atoms with Crippen LogP contribution >= 0.6 is 0 Å². The molecule has 0 atom stereocenters. The molecule has 0 aliphatic heterocycles. The Kier molecular flexibility index (Phi) is 4.66. The number of halogens is 3. The first-order valence-electron chi connectivity index (χ1n) is 8.98. The maximum atomic E-state index is 12.5. The lowest BCUT2D eigenvalue weighted by molar-refractivity contribution is -0.274. The quantitative estimate of drug-likeness (QED) is 0.512. The van der Waals surface area contributed by atoms with E-state index < -0.39 is 12.3 Å². The summed E-state index contributed by atoms with van der Waals surface area (Å²) in [4.78, 5) is 11.9. The summed E-state index contributed by atoms with van der Waals surface area (Å²) in [6, 6.07) is 19.0. The van der Waals surface area contributed by atoms with E-state index in [4.69, 9.17) is 5.73 Å². The second-order valence-electron chi connectivity index (χ2n) is 6.68. The number of hydrogen-bond donors (Lipinski definition) is 1. The Balaban J connectivity index is 1.73. The minimum atomic E-state index is -4.73. The summed E-state index contributed by atoms with van der Waals surface area (Å²) >= 11 is 0. The molecule has 4 rings (SSSR count). The van der Waals surface area contributed by atoms with Gasteiger partial charge in [0.05, 0.1) is 0 Å². The van der Waals surface area contributed by atoms with Gasteiger partial charge in [0.2, 0.25) is 5.91 Å². The molecule has 3 aromatic carbocycles. The number of carbonyl (C=O) groups is 1. The predicted molar refractivity (Wildman–Crippen MR) is 105 cm³/mol. The largest absolute Gasteiger partial charge is 0.573 e. The molecule has 0 saturated heterocycles. The summed E-state index contributed by atoms with van der Waals surface area (Å²) in [5.74, 6) is -0.747. The Morgan fingerprint density at radius 3 is 2.45 bits per heavy atom. The molecule has 1 aromatic heterocycles. The number of amides is 1. The Labute approximate surface area is 164 Å². The maximum absolute atomic E-state index is 12.5. The van der Waals surface area contributed by atoms with E-state index in [0.29, 0.717) is 24.1 Å². The number of nitrogens with two attached hydrogens (primary N) is 1. The highest BCUT2D eigenvalue weighted by atomic mass is 19.4. The molecule has 7 heteroatoms. The summed E-state index contributed by atoms with van der Waals surface area (Å²) in [5.41, 5.74) is 8.49. The Morgan fingerprint density at radius 1 is 0.966 bits per heavy atom. The third-order valence-electron chi connectivity index (χ3n) is 4.82. The summed E-state index contributed by atoms with van der Waals surface area (Å²) in [5, 5.41) is 1.69. The van der Waals surface area contributed by atoms with E-state index in [1.807, 2.05) is 34.9 Å².